The monoisotopic (exact) mass is 267 g/mol. The molecule has 0 saturated carbocycles. The Morgan fingerprint density at radius 1 is 1.16 bits per heavy atom. The van der Waals surface area contributed by atoms with E-state index in [1.807, 2.05) is 0 Å². The molecule has 6 heteroatoms. The molecule has 98 valence electrons. The molecule has 0 unspecified atom stereocenters. The highest BCUT2D eigenvalue weighted by atomic mass is 19.4. The molecule has 0 aliphatic rings. The Morgan fingerprint density at radius 2 is 1.89 bits per heavy atom. The number of benzene rings is 1. The molecule has 0 aliphatic carbocycles. The van der Waals surface area contributed by atoms with E-state index in [2.05, 4.69) is 4.98 Å². The predicted molar refractivity (Wildman–Crippen MR) is 61.6 cm³/mol. The van der Waals surface area contributed by atoms with Gasteiger partial charge in [0.25, 0.3) is 0 Å². The zero-order chi connectivity index (χ0) is 14.0. The number of hydrogen-bond donors (Lipinski definition) is 1. The van der Waals surface area contributed by atoms with Crippen molar-refractivity contribution in [2.75, 3.05) is 0 Å². The van der Waals surface area contributed by atoms with Gasteiger partial charge in [0.15, 0.2) is 0 Å². The van der Waals surface area contributed by atoms with Crippen LogP contribution in [0.15, 0.2) is 42.6 Å². The van der Waals surface area contributed by atoms with Gasteiger partial charge in [-0.15, -0.1) is 0 Å². The van der Waals surface area contributed by atoms with E-state index in [1.165, 1.54) is 36.5 Å². The summed E-state index contributed by atoms with van der Waals surface area (Å²) in [5, 5.41) is 8.84. The van der Waals surface area contributed by atoms with Crippen molar-refractivity contribution in [2.45, 2.75) is 6.18 Å². The summed E-state index contributed by atoms with van der Waals surface area (Å²) in [6, 6.07) is 7.35. The molecule has 0 amide bonds. The molecule has 0 radical (unpaired) electrons. The number of halogens is 3. The van der Waals surface area contributed by atoms with Crippen molar-refractivity contribution in [1.29, 1.82) is 0 Å². The zero-order valence-electron chi connectivity index (χ0n) is 9.48. The summed E-state index contributed by atoms with van der Waals surface area (Å²) in [4.78, 5) is 14.5. The highest BCUT2D eigenvalue weighted by Crippen LogP contribution is 2.35. The molecule has 1 aromatic carbocycles. The number of aromatic carboxylic acids is 1. The second-order valence-electron chi connectivity index (χ2n) is 3.78. The summed E-state index contributed by atoms with van der Waals surface area (Å²) in [5.41, 5.74) is -1.14. The van der Waals surface area contributed by atoms with Gasteiger partial charge in [0.2, 0.25) is 0 Å². The van der Waals surface area contributed by atoms with E-state index in [-0.39, 0.29) is 16.8 Å². The third-order valence-corrected chi connectivity index (χ3v) is 2.50. The molecule has 1 aromatic heterocycles. The molecule has 0 saturated heterocycles. The van der Waals surface area contributed by atoms with E-state index in [1.54, 1.807) is 0 Å². The summed E-state index contributed by atoms with van der Waals surface area (Å²) in [6.07, 6.45) is -3.30. The normalized spacial score (nSPS) is 11.3. The lowest BCUT2D eigenvalue weighted by atomic mass is 10.0. The first-order valence-electron chi connectivity index (χ1n) is 5.25. The number of aromatic nitrogens is 1. The molecule has 0 spiro atoms. The van der Waals surface area contributed by atoms with Crippen molar-refractivity contribution in [3.63, 3.8) is 0 Å². The lowest BCUT2D eigenvalue weighted by Gasteiger charge is -2.11. The van der Waals surface area contributed by atoms with Crippen LogP contribution in [0.3, 0.4) is 0 Å². The van der Waals surface area contributed by atoms with Gasteiger partial charge < -0.3 is 5.11 Å². The average molecular weight is 267 g/mol. The Balaban J connectivity index is 2.60. The standard InChI is InChI=1S/C13H8F3NO2/c14-13(15,16)10-5-2-6-17-11(10)8-3-1-4-9(7-8)12(18)19/h1-7H,(H,18,19). The molecule has 19 heavy (non-hydrogen) atoms. The fraction of sp³-hybridized carbons (Fsp3) is 0.0769. The Hall–Kier alpha value is -2.37. The minimum Gasteiger partial charge on any atom is -0.478 e. The first kappa shape index (κ1) is 13.1. The second-order valence-corrected chi connectivity index (χ2v) is 3.78. The van der Waals surface area contributed by atoms with E-state index >= 15 is 0 Å². The van der Waals surface area contributed by atoms with Crippen LogP contribution in [0.5, 0.6) is 0 Å². The van der Waals surface area contributed by atoms with Crippen LogP contribution in [0.2, 0.25) is 0 Å². The highest BCUT2D eigenvalue weighted by Gasteiger charge is 2.34. The number of alkyl halides is 3. The van der Waals surface area contributed by atoms with Gasteiger partial charge in [-0.2, -0.15) is 13.2 Å². The molecule has 0 aliphatic heterocycles. The van der Waals surface area contributed by atoms with Gasteiger partial charge in [0.05, 0.1) is 16.8 Å². The summed E-state index contributed by atoms with van der Waals surface area (Å²) < 4.78 is 38.5. The summed E-state index contributed by atoms with van der Waals surface area (Å²) in [6.45, 7) is 0. The van der Waals surface area contributed by atoms with Crippen molar-refractivity contribution in [3.05, 3.63) is 53.7 Å². The number of pyridine rings is 1. The van der Waals surface area contributed by atoms with E-state index in [4.69, 9.17) is 5.11 Å². The van der Waals surface area contributed by atoms with Crippen LogP contribution in [0.4, 0.5) is 13.2 Å². The molecular formula is C13H8F3NO2. The van der Waals surface area contributed by atoms with Crippen molar-refractivity contribution in [2.24, 2.45) is 0 Å². The van der Waals surface area contributed by atoms with E-state index in [0.717, 1.165) is 6.07 Å². The first-order valence-corrected chi connectivity index (χ1v) is 5.25. The first-order chi connectivity index (χ1) is 8.89. The van der Waals surface area contributed by atoms with Crippen molar-refractivity contribution >= 4 is 5.97 Å². The molecule has 3 nitrogen and oxygen atoms in total. The van der Waals surface area contributed by atoms with Crippen LogP contribution >= 0.6 is 0 Å². The lowest BCUT2D eigenvalue weighted by molar-refractivity contribution is -0.137. The molecule has 2 rings (SSSR count). The van der Waals surface area contributed by atoms with Gasteiger partial charge in [0.1, 0.15) is 0 Å². The largest absolute Gasteiger partial charge is 0.478 e. The Labute approximate surface area is 106 Å². The van der Waals surface area contributed by atoms with Crippen LogP contribution < -0.4 is 0 Å². The highest BCUT2D eigenvalue weighted by molar-refractivity contribution is 5.89. The minimum atomic E-state index is -4.54. The fourth-order valence-electron chi connectivity index (χ4n) is 1.66. The van der Waals surface area contributed by atoms with Gasteiger partial charge in [-0.05, 0) is 24.3 Å². The summed E-state index contributed by atoms with van der Waals surface area (Å²) in [5.74, 6) is -1.20. The van der Waals surface area contributed by atoms with Gasteiger partial charge in [-0.3, -0.25) is 4.98 Å². The molecule has 0 fully saturated rings. The maximum Gasteiger partial charge on any atom is 0.418 e. The van der Waals surface area contributed by atoms with Gasteiger partial charge >= 0.3 is 12.1 Å². The van der Waals surface area contributed by atoms with Crippen LogP contribution in [-0.4, -0.2) is 16.1 Å². The van der Waals surface area contributed by atoms with Crippen molar-refractivity contribution in [1.82, 2.24) is 4.98 Å². The van der Waals surface area contributed by atoms with E-state index < -0.39 is 17.7 Å². The Kier molecular flexibility index (Phi) is 3.25. The third kappa shape index (κ3) is 2.73. The quantitative estimate of drug-likeness (QED) is 0.906. The molecule has 1 heterocycles. The predicted octanol–water partition coefficient (Wildman–Crippen LogP) is 3.47. The maximum atomic E-state index is 12.8. The molecule has 0 bridgehead atoms. The third-order valence-electron chi connectivity index (χ3n) is 2.50. The maximum absolute atomic E-state index is 12.8. The van der Waals surface area contributed by atoms with Crippen LogP contribution in [-0.2, 0) is 6.18 Å². The minimum absolute atomic E-state index is 0.0868. The number of nitrogens with zero attached hydrogens (tertiary/aromatic N) is 1. The van der Waals surface area contributed by atoms with Crippen LogP contribution in [0, 0.1) is 0 Å². The second kappa shape index (κ2) is 4.72. The summed E-state index contributed by atoms with van der Waals surface area (Å²) >= 11 is 0. The Bertz CT molecular complexity index is 623. The van der Waals surface area contributed by atoms with Gasteiger partial charge in [-0.1, -0.05) is 12.1 Å². The number of carbonyl (C=O) groups is 1. The number of hydrogen-bond acceptors (Lipinski definition) is 2. The number of carboxylic acids is 1. The number of carboxylic acid groups (broad SMARTS) is 1. The number of rotatable bonds is 2. The smallest absolute Gasteiger partial charge is 0.418 e. The molecule has 0 atom stereocenters. The van der Waals surface area contributed by atoms with Crippen LogP contribution in [0.25, 0.3) is 11.3 Å². The molecule has 1 N–H and O–H groups in total. The average Bonchev–Trinajstić information content (AvgIpc) is 2.38. The van der Waals surface area contributed by atoms with E-state index in [9.17, 15) is 18.0 Å². The van der Waals surface area contributed by atoms with E-state index in [0.29, 0.717) is 0 Å². The Morgan fingerprint density at radius 3 is 2.53 bits per heavy atom. The van der Waals surface area contributed by atoms with Crippen LogP contribution in [0.1, 0.15) is 15.9 Å². The SMILES string of the molecule is O=C(O)c1cccc(-c2ncccc2C(F)(F)F)c1. The zero-order valence-corrected chi connectivity index (χ0v) is 9.48. The van der Waals surface area contributed by atoms with Crippen molar-refractivity contribution in [3.8, 4) is 11.3 Å². The fourth-order valence-corrected chi connectivity index (χ4v) is 1.66. The lowest BCUT2D eigenvalue weighted by Crippen LogP contribution is -2.08. The molecule has 2 aromatic rings. The topological polar surface area (TPSA) is 50.2 Å². The summed E-state index contributed by atoms with van der Waals surface area (Å²) in [7, 11) is 0. The van der Waals surface area contributed by atoms with Gasteiger partial charge in [0, 0.05) is 11.8 Å². The molecular weight excluding hydrogens is 259 g/mol. The van der Waals surface area contributed by atoms with Gasteiger partial charge in [-0.25, -0.2) is 4.79 Å². The van der Waals surface area contributed by atoms with Crippen molar-refractivity contribution < 1.29 is 23.1 Å².